The van der Waals surface area contributed by atoms with E-state index in [9.17, 15) is 4.79 Å². The lowest BCUT2D eigenvalue weighted by Crippen LogP contribution is -2.25. The van der Waals surface area contributed by atoms with Gasteiger partial charge in [-0.3, -0.25) is 4.79 Å². The van der Waals surface area contributed by atoms with Gasteiger partial charge in [-0.25, -0.2) is 0 Å². The first-order chi connectivity index (χ1) is 10.2. The maximum Gasteiger partial charge on any atom is 0.230 e. The highest BCUT2D eigenvalue weighted by Gasteiger charge is 2.16. The van der Waals surface area contributed by atoms with Crippen molar-refractivity contribution < 1.29 is 14.3 Å². The van der Waals surface area contributed by atoms with Gasteiger partial charge in [-0.1, -0.05) is 18.9 Å². The lowest BCUT2D eigenvalue weighted by Gasteiger charge is -2.11. The molecule has 0 spiro atoms. The molecule has 1 aromatic carbocycles. The first-order valence-corrected chi connectivity index (χ1v) is 8.37. The molecule has 2 rings (SSSR count). The number of carbonyl (C=O) groups excluding carboxylic acids is 1. The normalized spacial score (nSPS) is 15.0. The minimum absolute atomic E-state index is 0.0988. The Balaban J connectivity index is 1.77. The third kappa shape index (κ3) is 4.84. The Bertz CT molecular complexity index is 473. The number of thioether (sulfide) groups is 1. The van der Waals surface area contributed by atoms with Crippen LogP contribution < -0.4 is 14.8 Å². The molecule has 5 heteroatoms. The van der Waals surface area contributed by atoms with E-state index in [1.807, 2.05) is 18.2 Å². The van der Waals surface area contributed by atoms with Gasteiger partial charge in [0.15, 0.2) is 11.5 Å². The van der Waals surface area contributed by atoms with Crippen LogP contribution >= 0.6 is 11.8 Å². The van der Waals surface area contributed by atoms with E-state index in [0.717, 1.165) is 5.56 Å². The number of hydrogen-bond donors (Lipinski definition) is 1. The van der Waals surface area contributed by atoms with Crippen LogP contribution in [0.3, 0.4) is 0 Å². The van der Waals surface area contributed by atoms with Gasteiger partial charge in [0.25, 0.3) is 0 Å². The number of benzene rings is 1. The van der Waals surface area contributed by atoms with Gasteiger partial charge in [-0.05, 0) is 30.5 Å². The summed E-state index contributed by atoms with van der Waals surface area (Å²) in [5, 5.41) is 3.63. The summed E-state index contributed by atoms with van der Waals surface area (Å²) in [5.74, 6) is 2.04. The second kappa shape index (κ2) is 8.17. The molecule has 0 aliphatic heterocycles. The van der Waals surface area contributed by atoms with Crippen molar-refractivity contribution in [2.24, 2.45) is 0 Å². The molecule has 1 aliphatic carbocycles. The quantitative estimate of drug-likeness (QED) is 0.841. The fourth-order valence-corrected chi connectivity index (χ4v) is 3.65. The molecule has 4 nitrogen and oxygen atoms in total. The number of ether oxygens (including phenoxy) is 2. The summed E-state index contributed by atoms with van der Waals surface area (Å²) < 4.78 is 10.5. The molecule has 0 unspecified atom stereocenters. The van der Waals surface area contributed by atoms with Crippen LogP contribution in [-0.2, 0) is 11.3 Å². The second-order valence-electron chi connectivity index (χ2n) is 5.18. The fourth-order valence-electron chi connectivity index (χ4n) is 2.49. The van der Waals surface area contributed by atoms with Crippen molar-refractivity contribution in [1.82, 2.24) is 5.32 Å². The smallest absolute Gasteiger partial charge is 0.230 e. The summed E-state index contributed by atoms with van der Waals surface area (Å²) in [7, 11) is 3.22. The SMILES string of the molecule is COc1ccc(CNC(=O)CSC2CCCC2)cc1OC. The number of methoxy groups -OCH3 is 2. The summed E-state index contributed by atoms with van der Waals surface area (Å²) in [6.07, 6.45) is 5.14. The number of amides is 1. The lowest BCUT2D eigenvalue weighted by molar-refractivity contribution is -0.118. The third-order valence-corrected chi connectivity index (χ3v) is 5.06. The van der Waals surface area contributed by atoms with E-state index in [1.54, 1.807) is 26.0 Å². The minimum Gasteiger partial charge on any atom is -0.493 e. The average molecular weight is 309 g/mol. The van der Waals surface area contributed by atoms with Crippen molar-refractivity contribution in [2.75, 3.05) is 20.0 Å². The van der Waals surface area contributed by atoms with E-state index in [-0.39, 0.29) is 5.91 Å². The van der Waals surface area contributed by atoms with Gasteiger partial charge in [-0.15, -0.1) is 11.8 Å². The maximum absolute atomic E-state index is 11.9. The van der Waals surface area contributed by atoms with Crippen LogP contribution in [-0.4, -0.2) is 31.1 Å². The van der Waals surface area contributed by atoms with Crippen molar-refractivity contribution in [3.05, 3.63) is 23.8 Å². The Labute approximate surface area is 130 Å². The molecule has 116 valence electrons. The predicted octanol–water partition coefficient (Wildman–Crippen LogP) is 3.00. The summed E-state index contributed by atoms with van der Waals surface area (Å²) in [4.78, 5) is 11.9. The van der Waals surface area contributed by atoms with E-state index >= 15 is 0 Å². The van der Waals surface area contributed by atoms with Crippen LogP contribution in [0.1, 0.15) is 31.2 Å². The summed E-state index contributed by atoms with van der Waals surface area (Å²) >= 11 is 1.78. The number of nitrogens with one attached hydrogen (secondary N) is 1. The maximum atomic E-state index is 11.9. The zero-order valence-electron chi connectivity index (χ0n) is 12.7. The van der Waals surface area contributed by atoms with Gasteiger partial charge in [-0.2, -0.15) is 0 Å². The van der Waals surface area contributed by atoms with Crippen molar-refractivity contribution in [1.29, 1.82) is 0 Å². The molecule has 0 saturated heterocycles. The van der Waals surface area contributed by atoms with E-state index in [4.69, 9.17) is 9.47 Å². The fraction of sp³-hybridized carbons (Fsp3) is 0.562. The highest BCUT2D eigenvalue weighted by atomic mass is 32.2. The zero-order valence-corrected chi connectivity index (χ0v) is 13.5. The molecule has 1 aliphatic rings. The summed E-state index contributed by atoms with van der Waals surface area (Å²) in [6.45, 7) is 0.518. The Kier molecular flexibility index (Phi) is 6.23. The van der Waals surface area contributed by atoms with Crippen LogP contribution in [0.5, 0.6) is 11.5 Å². The molecule has 1 aromatic rings. The molecule has 0 radical (unpaired) electrons. The molecule has 1 saturated carbocycles. The van der Waals surface area contributed by atoms with Crippen LogP contribution in [0.25, 0.3) is 0 Å². The Morgan fingerprint density at radius 3 is 2.62 bits per heavy atom. The second-order valence-corrected chi connectivity index (χ2v) is 6.47. The van der Waals surface area contributed by atoms with E-state index in [0.29, 0.717) is 29.0 Å². The van der Waals surface area contributed by atoms with Gasteiger partial charge in [0.1, 0.15) is 0 Å². The molecular weight excluding hydrogens is 286 g/mol. The Morgan fingerprint density at radius 2 is 1.95 bits per heavy atom. The largest absolute Gasteiger partial charge is 0.493 e. The Morgan fingerprint density at radius 1 is 1.24 bits per heavy atom. The van der Waals surface area contributed by atoms with Crippen molar-refractivity contribution in [2.45, 2.75) is 37.5 Å². The van der Waals surface area contributed by atoms with Crippen LogP contribution in [0.2, 0.25) is 0 Å². The van der Waals surface area contributed by atoms with Crippen molar-refractivity contribution in [3.63, 3.8) is 0 Å². The lowest BCUT2D eigenvalue weighted by atomic mass is 10.2. The van der Waals surface area contributed by atoms with Crippen molar-refractivity contribution >= 4 is 17.7 Å². The number of rotatable bonds is 7. The topological polar surface area (TPSA) is 47.6 Å². The highest BCUT2D eigenvalue weighted by molar-refractivity contribution is 8.00. The van der Waals surface area contributed by atoms with Gasteiger partial charge in [0.2, 0.25) is 5.91 Å². The van der Waals surface area contributed by atoms with Gasteiger partial charge in [0, 0.05) is 11.8 Å². The van der Waals surface area contributed by atoms with E-state index in [1.165, 1.54) is 25.7 Å². The van der Waals surface area contributed by atoms with E-state index < -0.39 is 0 Å². The van der Waals surface area contributed by atoms with Crippen LogP contribution in [0, 0.1) is 0 Å². The molecule has 1 amide bonds. The number of hydrogen-bond acceptors (Lipinski definition) is 4. The standard InChI is InChI=1S/C16H23NO3S/c1-19-14-8-7-12(9-15(14)20-2)10-17-16(18)11-21-13-5-3-4-6-13/h7-9,13H,3-6,10-11H2,1-2H3,(H,17,18). The average Bonchev–Trinajstić information content (AvgIpc) is 3.04. The molecule has 0 heterocycles. The molecule has 21 heavy (non-hydrogen) atoms. The predicted molar refractivity (Wildman–Crippen MR) is 86.1 cm³/mol. The Hall–Kier alpha value is -1.36. The van der Waals surface area contributed by atoms with Gasteiger partial charge >= 0.3 is 0 Å². The molecular formula is C16H23NO3S. The molecule has 1 fully saturated rings. The molecule has 0 bridgehead atoms. The highest BCUT2D eigenvalue weighted by Crippen LogP contribution is 2.29. The van der Waals surface area contributed by atoms with Crippen LogP contribution in [0.4, 0.5) is 0 Å². The zero-order chi connectivity index (χ0) is 15.1. The number of carbonyl (C=O) groups is 1. The molecule has 0 aromatic heterocycles. The molecule has 1 N–H and O–H groups in total. The van der Waals surface area contributed by atoms with E-state index in [2.05, 4.69) is 5.32 Å². The van der Waals surface area contributed by atoms with Gasteiger partial charge in [0.05, 0.1) is 20.0 Å². The summed E-state index contributed by atoms with van der Waals surface area (Å²) in [6, 6.07) is 5.68. The first-order valence-electron chi connectivity index (χ1n) is 7.32. The minimum atomic E-state index is 0.0988. The van der Waals surface area contributed by atoms with Crippen molar-refractivity contribution in [3.8, 4) is 11.5 Å². The van der Waals surface area contributed by atoms with Gasteiger partial charge < -0.3 is 14.8 Å². The summed E-state index contributed by atoms with van der Waals surface area (Å²) in [5.41, 5.74) is 1.01. The first kappa shape index (κ1) is 16.0. The van der Waals surface area contributed by atoms with Crippen LogP contribution in [0.15, 0.2) is 18.2 Å². The molecule has 0 atom stereocenters. The third-order valence-electron chi connectivity index (χ3n) is 3.69. The monoisotopic (exact) mass is 309 g/mol.